The number of carbonyl (C=O) groups is 1. The van der Waals surface area contributed by atoms with Crippen molar-refractivity contribution in [3.05, 3.63) is 54.5 Å². The Bertz CT molecular complexity index is 552. The van der Waals surface area contributed by atoms with Gasteiger partial charge in [-0.2, -0.15) is 0 Å². The van der Waals surface area contributed by atoms with Gasteiger partial charge in [0, 0.05) is 12.4 Å². The molecule has 1 amide bonds. The summed E-state index contributed by atoms with van der Waals surface area (Å²) in [7, 11) is 0. The minimum absolute atomic E-state index is 0.00852. The number of nitrogens with zero attached hydrogens (tertiary/aromatic N) is 2. The lowest BCUT2D eigenvalue weighted by molar-refractivity contribution is -0.118. The van der Waals surface area contributed by atoms with E-state index in [0.29, 0.717) is 11.7 Å². The van der Waals surface area contributed by atoms with E-state index >= 15 is 0 Å². The van der Waals surface area contributed by atoms with Crippen molar-refractivity contribution in [3.8, 4) is 0 Å². The molecule has 4 heteroatoms. The lowest BCUT2D eigenvalue weighted by Gasteiger charge is -2.16. The highest BCUT2D eigenvalue weighted by Crippen LogP contribution is 2.43. The van der Waals surface area contributed by atoms with Gasteiger partial charge in [0.15, 0.2) is 5.82 Å². The van der Waals surface area contributed by atoms with E-state index in [0.717, 1.165) is 18.4 Å². The standard InChI is InChI=1S/C15H15N3O/c19-15(18-13-10-16-8-9-17-13)14(12-6-7-12)11-4-2-1-3-5-11/h1-5,8-10,12,14H,6-7H2,(H,17,18,19)/t14-/m0/s1. The van der Waals surface area contributed by atoms with E-state index in [2.05, 4.69) is 15.3 Å². The summed E-state index contributed by atoms with van der Waals surface area (Å²) in [6.45, 7) is 0. The number of nitrogens with one attached hydrogen (secondary N) is 1. The molecule has 1 aromatic heterocycles. The highest BCUT2D eigenvalue weighted by Gasteiger charge is 2.37. The fourth-order valence-electron chi connectivity index (χ4n) is 2.30. The second-order valence-corrected chi connectivity index (χ2v) is 4.81. The molecule has 1 heterocycles. The van der Waals surface area contributed by atoms with Gasteiger partial charge in [-0.25, -0.2) is 4.98 Å². The number of rotatable bonds is 4. The molecule has 96 valence electrons. The summed E-state index contributed by atoms with van der Waals surface area (Å²) < 4.78 is 0. The minimum atomic E-state index is -0.0804. The summed E-state index contributed by atoms with van der Waals surface area (Å²) in [6, 6.07) is 9.94. The third-order valence-electron chi connectivity index (χ3n) is 3.35. The van der Waals surface area contributed by atoms with Crippen LogP contribution >= 0.6 is 0 Å². The van der Waals surface area contributed by atoms with Crippen molar-refractivity contribution in [2.45, 2.75) is 18.8 Å². The van der Waals surface area contributed by atoms with Crippen LogP contribution in [0.1, 0.15) is 24.3 Å². The first-order valence-corrected chi connectivity index (χ1v) is 6.46. The molecule has 0 bridgehead atoms. The maximum Gasteiger partial charge on any atom is 0.233 e. The molecule has 0 radical (unpaired) electrons. The lowest BCUT2D eigenvalue weighted by atomic mass is 9.93. The SMILES string of the molecule is O=C(Nc1cnccn1)[C@@H](c1ccccc1)C1CC1. The zero-order chi connectivity index (χ0) is 13.1. The van der Waals surface area contributed by atoms with Crippen LogP contribution in [0, 0.1) is 5.92 Å². The molecular formula is C15H15N3O. The first kappa shape index (κ1) is 11.8. The van der Waals surface area contributed by atoms with E-state index in [4.69, 9.17) is 0 Å². The summed E-state index contributed by atoms with van der Waals surface area (Å²) in [5.74, 6) is 0.894. The van der Waals surface area contributed by atoms with Crippen molar-refractivity contribution in [3.63, 3.8) is 0 Å². The first-order chi connectivity index (χ1) is 9.34. The van der Waals surface area contributed by atoms with Crippen LogP contribution in [0.2, 0.25) is 0 Å². The Morgan fingerprint density at radius 2 is 2.00 bits per heavy atom. The maximum atomic E-state index is 12.4. The number of anilines is 1. The summed E-state index contributed by atoms with van der Waals surface area (Å²) in [6.07, 6.45) is 6.96. The van der Waals surface area contributed by atoms with Gasteiger partial charge in [-0.3, -0.25) is 9.78 Å². The molecule has 1 saturated carbocycles. The van der Waals surface area contributed by atoms with Crippen molar-refractivity contribution in [1.29, 1.82) is 0 Å². The van der Waals surface area contributed by atoms with E-state index in [1.807, 2.05) is 30.3 Å². The third kappa shape index (κ3) is 2.78. The monoisotopic (exact) mass is 253 g/mol. The average molecular weight is 253 g/mol. The van der Waals surface area contributed by atoms with Gasteiger partial charge in [0.1, 0.15) is 0 Å². The summed E-state index contributed by atoms with van der Waals surface area (Å²) in [5, 5.41) is 2.85. The Balaban J connectivity index is 1.79. The smallest absolute Gasteiger partial charge is 0.233 e. The first-order valence-electron chi connectivity index (χ1n) is 6.46. The Hall–Kier alpha value is -2.23. The summed E-state index contributed by atoms with van der Waals surface area (Å²) in [4.78, 5) is 20.4. The fraction of sp³-hybridized carbons (Fsp3) is 0.267. The second kappa shape index (κ2) is 5.18. The Kier molecular flexibility index (Phi) is 3.23. The quantitative estimate of drug-likeness (QED) is 0.911. The highest BCUT2D eigenvalue weighted by molar-refractivity contribution is 5.95. The molecule has 0 spiro atoms. The van der Waals surface area contributed by atoms with Crippen LogP contribution in [0.5, 0.6) is 0 Å². The molecule has 4 nitrogen and oxygen atoms in total. The highest BCUT2D eigenvalue weighted by atomic mass is 16.2. The van der Waals surface area contributed by atoms with E-state index < -0.39 is 0 Å². The van der Waals surface area contributed by atoms with Crippen LogP contribution < -0.4 is 5.32 Å². The normalized spacial score (nSPS) is 15.8. The van der Waals surface area contributed by atoms with Gasteiger partial charge in [0.2, 0.25) is 5.91 Å². The van der Waals surface area contributed by atoms with Crippen LogP contribution in [0.4, 0.5) is 5.82 Å². The second-order valence-electron chi connectivity index (χ2n) is 4.81. The van der Waals surface area contributed by atoms with Gasteiger partial charge >= 0.3 is 0 Å². The number of carbonyl (C=O) groups excluding carboxylic acids is 1. The van der Waals surface area contributed by atoms with Crippen LogP contribution in [0.25, 0.3) is 0 Å². The molecule has 1 aliphatic rings. The predicted molar refractivity (Wildman–Crippen MR) is 72.6 cm³/mol. The van der Waals surface area contributed by atoms with Crippen molar-refractivity contribution >= 4 is 11.7 Å². The predicted octanol–water partition coefficient (Wildman–Crippen LogP) is 2.61. The van der Waals surface area contributed by atoms with Crippen molar-refractivity contribution in [1.82, 2.24) is 9.97 Å². The molecule has 3 rings (SSSR count). The summed E-state index contributed by atoms with van der Waals surface area (Å²) in [5.41, 5.74) is 1.08. The Morgan fingerprint density at radius 3 is 2.63 bits per heavy atom. The number of amides is 1. The van der Waals surface area contributed by atoms with Gasteiger partial charge in [-0.05, 0) is 24.3 Å². The zero-order valence-electron chi connectivity index (χ0n) is 10.5. The Labute approximate surface area is 111 Å². The molecule has 1 fully saturated rings. The number of hydrogen-bond acceptors (Lipinski definition) is 3. The largest absolute Gasteiger partial charge is 0.309 e. The van der Waals surface area contributed by atoms with Crippen molar-refractivity contribution < 1.29 is 4.79 Å². The van der Waals surface area contributed by atoms with Crippen LogP contribution in [0.3, 0.4) is 0 Å². The average Bonchev–Trinajstić information content (AvgIpc) is 3.26. The van der Waals surface area contributed by atoms with Gasteiger partial charge in [0.05, 0.1) is 12.1 Å². The van der Waals surface area contributed by atoms with Gasteiger partial charge in [0.25, 0.3) is 0 Å². The van der Waals surface area contributed by atoms with Crippen molar-refractivity contribution in [2.24, 2.45) is 5.92 Å². The number of hydrogen-bond donors (Lipinski definition) is 1. The topological polar surface area (TPSA) is 54.9 Å². The molecule has 1 atom stereocenters. The number of aromatic nitrogens is 2. The van der Waals surface area contributed by atoms with Crippen LogP contribution in [-0.4, -0.2) is 15.9 Å². The molecule has 1 aromatic carbocycles. The summed E-state index contributed by atoms with van der Waals surface area (Å²) >= 11 is 0. The van der Waals surface area contributed by atoms with Gasteiger partial charge in [-0.1, -0.05) is 30.3 Å². The fourth-order valence-corrected chi connectivity index (χ4v) is 2.30. The molecule has 19 heavy (non-hydrogen) atoms. The molecule has 0 aliphatic heterocycles. The Morgan fingerprint density at radius 1 is 1.21 bits per heavy atom. The molecule has 1 N–H and O–H groups in total. The van der Waals surface area contributed by atoms with E-state index in [1.54, 1.807) is 18.6 Å². The number of benzene rings is 1. The van der Waals surface area contributed by atoms with Crippen molar-refractivity contribution in [2.75, 3.05) is 5.32 Å². The lowest BCUT2D eigenvalue weighted by Crippen LogP contribution is -2.23. The van der Waals surface area contributed by atoms with Crippen LogP contribution in [0.15, 0.2) is 48.9 Å². The minimum Gasteiger partial charge on any atom is -0.309 e. The van der Waals surface area contributed by atoms with E-state index in [1.165, 1.54) is 0 Å². The maximum absolute atomic E-state index is 12.4. The third-order valence-corrected chi connectivity index (χ3v) is 3.35. The van der Waals surface area contributed by atoms with Gasteiger partial charge in [-0.15, -0.1) is 0 Å². The van der Waals surface area contributed by atoms with E-state index in [9.17, 15) is 4.79 Å². The molecular weight excluding hydrogens is 238 g/mol. The van der Waals surface area contributed by atoms with E-state index in [-0.39, 0.29) is 11.8 Å². The van der Waals surface area contributed by atoms with Crippen LogP contribution in [-0.2, 0) is 4.79 Å². The van der Waals surface area contributed by atoms with Gasteiger partial charge < -0.3 is 5.32 Å². The molecule has 0 unspecified atom stereocenters. The molecule has 2 aromatic rings. The molecule has 1 aliphatic carbocycles. The molecule has 0 saturated heterocycles. The zero-order valence-corrected chi connectivity index (χ0v) is 10.5.